The summed E-state index contributed by atoms with van der Waals surface area (Å²) in [7, 11) is -3.90. The molecule has 9 heteroatoms. The Morgan fingerprint density at radius 1 is 1.24 bits per heavy atom. The van der Waals surface area contributed by atoms with Crippen molar-refractivity contribution >= 4 is 37.8 Å². The molecular formula is C25H35BrN2O5S. The third-order valence-electron chi connectivity index (χ3n) is 8.36. The summed E-state index contributed by atoms with van der Waals surface area (Å²) in [6, 6.07) is 4.76. The standard InChI is InChI=1S/C25H35BrN2O5S/c1-5-33-22(30)17-7-6-12-28(15-17)34(31,32)20-13-16(8-9-19(20)26)21(29)27-23-24(2,3)18-10-11-25(23,4)14-18/h8-9,13,17-18,23H,5-7,10-12,14-15H2,1-4H3,(H,27,29)/t17?,18-,23?,25?/m1/s1. The lowest BCUT2D eigenvalue weighted by Crippen LogP contribution is -2.52. The number of amides is 1. The Morgan fingerprint density at radius 2 is 1.97 bits per heavy atom. The lowest BCUT2D eigenvalue weighted by atomic mass is 9.68. The molecule has 0 spiro atoms. The van der Waals surface area contributed by atoms with Crippen LogP contribution in [0.5, 0.6) is 0 Å². The number of piperidine rings is 1. The van der Waals surface area contributed by atoms with Gasteiger partial charge in [0, 0.05) is 29.2 Å². The molecule has 1 amide bonds. The Bertz CT molecular complexity index is 1080. The van der Waals surface area contributed by atoms with E-state index in [2.05, 4.69) is 42.0 Å². The van der Waals surface area contributed by atoms with Crippen molar-refractivity contribution in [3.63, 3.8) is 0 Å². The fourth-order valence-corrected chi connectivity index (χ4v) is 8.95. The Hall–Kier alpha value is -1.45. The molecule has 34 heavy (non-hydrogen) atoms. The minimum Gasteiger partial charge on any atom is -0.466 e. The molecule has 2 aliphatic carbocycles. The van der Waals surface area contributed by atoms with Gasteiger partial charge in [0.05, 0.1) is 17.4 Å². The van der Waals surface area contributed by atoms with E-state index >= 15 is 0 Å². The summed E-state index contributed by atoms with van der Waals surface area (Å²) in [4.78, 5) is 25.5. The largest absolute Gasteiger partial charge is 0.466 e. The fraction of sp³-hybridized carbons (Fsp3) is 0.680. The molecule has 0 radical (unpaired) electrons. The lowest BCUT2D eigenvalue weighted by molar-refractivity contribution is -0.149. The predicted molar refractivity (Wildman–Crippen MR) is 133 cm³/mol. The number of carbonyl (C=O) groups is 2. The Kier molecular flexibility index (Phi) is 6.94. The van der Waals surface area contributed by atoms with Crippen LogP contribution >= 0.6 is 15.9 Å². The van der Waals surface area contributed by atoms with Gasteiger partial charge in [0.2, 0.25) is 10.0 Å². The predicted octanol–water partition coefficient (Wildman–Crippen LogP) is 4.36. The van der Waals surface area contributed by atoms with E-state index in [0.717, 1.165) is 12.8 Å². The summed E-state index contributed by atoms with van der Waals surface area (Å²) in [5.74, 6) is -0.500. The highest BCUT2D eigenvalue weighted by molar-refractivity contribution is 9.10. The van der Waals surface area contributed by atoms with Crippen LogP contribution in [0.25, 0.3) is 0 Å². The number of nitrogens with zero attached hydrogens (tertiary/aromatic N) is 1. The number of sulfonamides is 1. The van der Waals surface area contributed by atoms with Gasteiger partial charge in [-0.1, -0.05) is 20.8 Å². The number of halogens is 1. The molecule has 1 aromatic carbocycles. The molecule has 3 aliphatic rings. The fourth-order valence-electron chi connectivity index (χ4n) is 6.47. The van der Waals surface area contributed by atoms with E-state index in [9.17, 15) is 18.0 Å². The van der Waals surface area contributed by atoms with Gasteiger partial charge in [0.1, 0.15) is 0 Å². The van der Waals surface area contributed by atoms with Crippen LogP contribution in [0.2, 0.25) is 0 Å². The molecular weight excluding hydrogens is 520 g/mol. The molecule has 1 heterocycles. The molecule has 0 aromatic heterocycles. The highest BCUT2D eigenvalue weighted by atomic mass is 79.9. The topological polar surface area (TPSA) is 92.8 Å². The van der Waals surface area contributed by atoms with E-state index in [1.807, 2.05) is 0 Å². The zero-order chi connectivity index (χ0) is 24.9. The molecule has 188 valence electrons. The van der Waals surface area contributed by atoms with E-state index in [1.165, 1.54) is 16.8 Å². The van der Waals surface area contributed by atoms with Crippen LogP contribution in [0.3, 0.4) is 0 Å². The Balaban J connectivity index is 1.56. The van der Waals surface area contributed by atoms with Crippen LogP contribution in [0.15, 0.2) is 27.6 Å². The van der Waals surface area contributed by atoms with Gasteiger partial charge in [-0.05, 0) is 89.9 Å². The number of benzene rings is 1. The number of esters is 1. The van der Waals surface area contributed by atoms with Crippen LogP contribution in [0, 0.1) is 22.7 Å². The van der Waals surface area contributed by atoms with Crippen LogP contribution in [-0.4, -0.2) is 50.3 Å². The van der Waals surface area contributed by atoms with Crippen LogP contribution < -0.4 is 5.32 Å². The SMILES string of the molecule is CCOC(=O)C1CCCN(S(=O)(=O)c2cc(C(=O)NC3C4(C)CC[C@H](C4)C3(C)C)ccc2Br)C1. The van der Waals surface area contributed by atoms with Crippen molar-refractivity contribution in [1.82, 2.24) is 9.62 Å². The van der Waals surface area contributed by atoms with Gasteiger partial charge in [0.25, 0.3) is 5.91 Å². The van der Waals surface area contributed by atoms with Crippen molar-refractivity contribution in [3.8, 4) is 0 Å². The molecule has 4 rings (SSSR count). The third kappa shape index (κ3) is 4.44. The average molecular weight is 556 g/mol. The molecule has 2 bridgehead atoms. The van der Waals surface area contributed by atoms with Crippen molar-refractivity contribution in [1.29, 1.82) is 0 Å². The summed E-state index contributed by atoms with van der Waals surface area (Å²) in [5.41, 5.74) is 0.398. The van der Waals surface area contributed by atoms with Crippen molar-refractivity contribution < 1.29 is 22.7 Å². The molecule has 7 nitrogen and oxygen atoms in total. The van der Waals surface area contributed by atoms with E-state index in [1.54, 1.807) is 19.1 Å². The van der Waals surface area contributed by atoms with Gasteiger partial charge in [-0.15, -0.1) is 0 Å². The van der Waals surface area contributed by atoms with Crippen LogP contribution in [-0.2, 0) is 19.6 Å². The molecule has 3 fully saturated rings. The maximum absolute atomic E-state index is 13.5. The number of rotatable bonds is 6. The van der Waals surface area contributed by atoms with E-state index in [-0.39, 0.29) is 46.8 Å². The minimum absolute atomic E-state index is 0.00282. The van der Waals surface area contributed by atoms with Gasteiger partial charge in [0.15, 0.2) is 0 Å². The summed E-state index contributed by atoms with van der Waals surface area (Å²) < 4.78 is 33.9. The van der Waals surface area contributed by atoms with Crippen molar-refractivity contribution in [2.75, 3.05) is 19.7 Å². The monoisotopic (exact) mass is 554 g/mol. The van der Waals surface area contributed by atoms with Gasteiger partial charge in [-0.25, -0.2) is 8.42 Å². The maximum Gasteiger partial charge on any atom is 0.310 e. The molecule has 4 atom stereocenters. The number of carbonyl (C=O) groups excluding carboxylic acids is 2. The summed E-state index contributed by atoms with van der Waals surface area (Å²) in [6.45, 7) is 9.11. The van der Waals surface area contributed by atoms with Crippen molar-refractivity contribution in [2.45, 2.75) is 70.7 Å². The number of ether oxygens (including phenoxy) is 1. The van der Waals surface area contributed by atoms with Crippen LogP contribution in [0.1, 0.15) is 70.2 Å². The number of nitrogens with one attached hydrogen (secondary N) is 1. The molecule has 3 unspecified atom stereocenters. The first kappa shape index (κ1) is 25.6. The second kappa shape index (κ2) is 9.21. The number of hydrogen-bond acceptors (Lipinski definition) is 5. The third-order valence-corrected chi connectivity index (χ3v) is 11.2. The van der Waals surface area contributed by atoms with E-state index in [0.29, 0.717) is 35.3 Å². The second-order valence-electron chi connectivity index (χ2n) is 10.9. The van der Waals surface area contributed by atoms with Crippen LogP contribution in [0.4, 0.5) is 0 Å². The number of fused-ring (bicyclic) bond motifs is 2. The zero-order valence-corrected chi connectivity index (χ0v) is 22.8. The van der Waals surface area contributed by atoms with Gasteiger partial charge >= 0.3 is 5.97 Å². The molecule has 1 aromatic rings. The second-order valence-corrected chi connectivity index (χ2v) is 13.7. The van der Waals surface area contributed by atoms with Gasteiger partial charge in [-0.3, -0.25) is 9.59 Å². The first-order valence-electron chi connectivity index (χ1n) is 12.2. The minimum atomic E-state index is -3.90. The highest BCUT2D eigenvalue weighted by Gasteiger charge is 2.59. The highest BCUT2D eigenvalue weighted by Crippen LogP contribution is 2.62. The Labute approximate surface area is 211 Å². The first-order chi connectivity index (χ1) is 15.9. The van der Waals surface area contributed by atoms with Crippen molar-refractivity contribution in [3.05, 3.63) is 28.2 Å². The molecule has 1 saturated heterocycles. The van der Waals surface area contributed by atoms with Gasteiger partial charge in [-0.2, -0.15) is 4.31 Å². The summed E-state index contributed by atoms with van der Waals surface area (Å²) in [6.07, 6.45) is 4.59. The zero-order valence-electron chi connectivity index (χ0n) is 20.4. The smallest absolute Gasteiger partial charge is 0.310 e. The summed E-state index contributed by atoms with van der Waals surface area (Å²) in [5, 5.41) is 3.25. The number of hydrogen-bond donors (Lipinski definition) is 1. The van der Waals surface area contributed by atoms with E-state index in [4.69, 9.17) is 4.74 Å². The average Bonchev–Trinajstić information content (AvgIpc) is 3.28. The Morgan fingerprint density at radius 3 is 2.62 bits per heavy atom. The molecule has 1 aliphatic heterocycles. The van der Waals surface area contributed by atoms with Crippen molar-refractivity contribution in [2.24, 2.45) is 22.7 Å². The summed E-state index contributed by atoms with van der Waals surface area (Å²) >= 11 is 3.36. The lowest BCUT2D eigenvalue weighted by Gasteiger charge is -2.43. The quantitative estimate of drug-likeness (QED) is 0.527. The first-order valence-corrected chi connectivity index (χ1v) is 14.4. The normalized spacial score (nSPS) is 30.8. The van der Waals surface area contributed by atoms with Gasteiger partial charge < -0.3 is 10.1 Å². The van der Waals surface area contributed by atoms with E-state index < -0.39 is 15.9 Å². The maximum atomic E-state index is 13.5. The molecule has 1 N–H and O–H groups in total. The molecule has 2 saturated carbocycles.